The number of alkyl halides is 1. The molecule has 0 N–H and O–H groups in total. The zero-order chi connectivity index (χ0) is 13.9. The summed E-state index contributed by atoms with van der Waals surface area (Å²) in [5, 5.41) is 0.807. The van der Waals surface area contributed by atoms with Crippen molar-refractivity contribution in [3.05, 3.63) is 34.9 Å². The average molecular weight is 301 g/mol. The van der Waals surface area contributed by atoms with E-state index in [0.717, 1.165) is 17.3 Å². The first-order chi connectivity index (χ1) is 9.26. The predicted octanol–water partition coefficient (Wildman–Crippen LogP) is 6.49. The molecule has 1 aromatic rings. The minimum atomic E-state index is 0.606. The van der Waals surface area contributed by atoms with Crippen LogP contribution in [-0.4, -0.2) is 5.88 Å². The molecule has 0 heterocycles. The molecule has 1 rings (SSSR count). The van der Waals surface area contributed by atoms with Crippen LogP contribution in [0.25, 0.3) is 0 Å². The number of hydrogen-bond acceptors (Lipinski definition) is 0. The molecule has 1 unspecified atom stereocenters. The van der Waals surface area contributed by atoms with Crippen LogP contribution in [-0.2, 0) is 6.42 Å². The molecule has 1 atom stereocenters. The maximum Gasteiger partial charge on any atom is 0.0406 e. The molecule has 0 saturated carbocycles. The third-order valence-electron chi connectivity index (χ3n) is 3.62. The summed E-state index contributed by atoms with van der Waals surface area (Å²) in [5.41, 5.74) is 1.35. The summed E-state index contributed by atoms with van der Waals surface area (Å²) in [7, 11) is 0. The molecule has 0 radical (unpaired) electrons. The molecule has 0 fully saturated rings. The highest BCUT2D eigenvalue weighted by atomic mass is 35.5. The standard InChI is InChI=1S/C17H26Cl2/c1-2-3-4-5-6-7-8-16(14-18)13-15-9-11-17(19)12-10-15/h9-12,16H,2-8,13-14H2,1H3. The Morgan fingerprint density at radius 2 is 1.58 bits per heavy atom. The number of unbranched alkanes of at least 4 members (excludes halogenated alkanes) is 5. The van der Waals surface area contributed by atoms with E-state index in [-0.39, 0.29) is 0 Å². The maximum atomic E-state index is 6.09. The lowest BCUT2D eigenvalue weighted by atomic mass is 9.95. The van der Waals surface area contributed by atoms with Gasteiger partial charge in [0, 0.05) is 10.9 Å². The van der Waals surface area contributed by atoms with Crippen molar-refractivity contribution in [2.45, 2.75) is 58.3 Å². The molecular weight excluding hydrogens is 275 g/mol. The van der Waals surface area contributed by atoms with Crippen LogP contribution in [0.4, 0.5) is 0 Å². The molecule has 0 aliphatic heterocycles. The molecule has 0 bridgehead atoms. The van der Waals surface area contributed by atoms with Gasteiger partial charge in [0.15, 0.2) is 0 Å². The number of hydrogen-bond donors (Lipinski definition) is 0. The van der Waals surface area contributed by atoms with Gasteiger partial charge in [-0.25, -0.2) is 0 Å². The molecule has 0 aliphatic carbocycles. The van der Waals surface area contributed by atoms with E-state index in [4.69, 9.17) is 23.2 Å². The Morgan fingerprint density at radius 3 is 2.21 bits per heavy atom. The summed E-state index contributed by atoms with van der Waals surface area (Å²) in [6, 6.07) is 8.16. The number of halogens is 2. The SMILES string of the molecule is CCCCCCCCC(CCl)Cc1ccc(Cl)cc1. The lowest BCUT2D eigenvalue weighted by Crippen LogP contribution is -2.06. The van der Waals surface area contributed by atoms with Gasteiger partial charge in [-0.3, -0.25) is 0 Å². The van der Waals surface area contributed by atoms with Crippen LogP contribution in [0.3, 0.4) is 0 Å². The summed E-state index contributed by atoms with van der Waals surface area (Å²) in [5.74, 6) is 1.37. The highest BCUT2D eigenvalue weighted by Gasteiger charge is 2.08. The fraction of sp³-hybridized carbons (Fsp3) is 0.647. The van der Waals surface area contributed by atoms with E-state index < -0.39 is 0 Å². The summed E-state index contributed by atoms with van der Waals surface area (Å²) in [6.45, 7) is 2.26. The largest absolute Gasteiger partial charge is 0.126 e. The summed E-state index contributed by atoms with van der Waals surface area (Å²) >= 11 is 12.0. The Kier molecular flexibility index (Phi) is 9.38. The minimum absolute atomic E-state index is 0.606. The molecule has 0 saturated heterocycles. The van der Waals surface area contributed by atoms with Crippen LogP contribution in [0.2, 0.25) is 5.02 Å². The fourth-order valence-corrected chi connectivity index (χ4v) is 2.79. The third-order valence-corrected chi connectivity index (χ3v) is 4.31. The second-order valence-corrected chi connectivity index (χ2v) is 6.15. The van der Waals surface area contributed by atoms with E-state index in [1.54, 1.807) is 0 Å². The molecule has 108 valence electrons. The van der Waals surface area contributed by atoms with Crippen LogP contribution >= 0.6 is 23.2 Å². The van der Waals surface area contributed by atoms with Gasteiger partial charge >= 0.3 is 0 Å². The van der Waals surface area contributed by atoms with Crippen molar-refractivity contribution in [1.29, 1.82) is 0 Å². The molecule has 0 aromatic heterocycles. The second kappa shape index (κ2) is 10.6. The van der Waals surface area contributed by atoms with E-state index >= 15 is 0 Å². The van der Waals surface area contributed by atoms with E-state index in [0.29, 0.717) is 5.92 Å². The van der Waals surface area contributed by atoms with Gasteiger partial charge in [0.2, 0.25) is 0 Å². The Hall–Kier alpha value is -0.200. The zero-order valence-corrected chi connectivity index (χ0v) is 13.5. The maximum absolute atomic E-state index is 6.09. The number of rotatable bonds is 10. The van der Waals surface area contributed by atoms with E-state index in [1.807, 2.05) is 12.1 Å². The third kappa shape index (κ3) is 7.84. The van der Waals surface area contributed by atoms with Crippen molar-refractivity contribution in [3.63, 3.8) is 0 Å². The van der Waals surface area contributed by atoms with Gasteiger partial charge in [0.05, 0.1) is 0 Å². The summed E-state index contributed by atoms with van der Waals surface area (Å²) < 4.78 is 0. The van der Waals surface area contributed by atoms with Crippen LogP contribution in [0.5, 0.6) is 0 Å². The first kappa shape index (κ1) is 16.9. The first-order valence-corrected chi connectivity index (χ1v) is 8.48. The van der Waals surface area contributed by atoms with Crippen molar-refractivity contribution in [2.75, 3.05) is 5.88 Å². The van der Waals surface area contributed by atoms with Gasteiger partial charge in [-0.2, -0.15) is 0 Å². The van der Waals surface area contributed by atoms with Gasteiger partial charge < -0.3 is 0 Å². The monoisotopic (exact) mass is 300 g/mol. The van der Waals surface area contributed by atoms with Crippen molar-refractivity contribution >= 4 is 23.2 Å². The predicted molar refractivity (Wildman–Crippen MR) is 87.4 cm³/mol. The topological polar surface area (TPSA) is 0 Å². The molecule has 1 aromatic carbocycles. The highest BCUT2D eigenvalue weighted by Crippen LogP contribution is 2.19. The normalized spacial score (nSPS) is 12.6. The van der Waals surface area contributed by atoms with Crippen molar-refractivity contribution < 1.29 is 0 Å². The molecule has 0 spiro atoms. The first-order valence-electron chi connectivity index (χ1n) is 7.56. The van der Waals surface area contributed by atoms with Gasteiger partial charge in [-0.1, -0.05) is 69.2 Å². The van der Waals surface area contributed by atoms with Crippen LogP contribution < -0.4 is 0 Å². The highest BCUT2D eigenvalue weighted by molar-refractivity contribution is 6.30. The fourth-order valence-electron chi connectivity index (χ4n) is 2.40. The average Bonchev–Trinajstić information content (AvgIpc) is 2.43. The lowest BCUT2D eigenvalue weighted by Gasteiger charge is -2.13. The Labute approximate surface area is 128 Å². The van der Waals surface area contributed by atoms with Gasteiger partial charge in [-0.15, -0.1) is 11.6 Å². The van der Waals surface area contributed by atoms with Crippen molar-refractivity contribution in [1.82, 2.24) is 0 Å². The zero-order valence-electron chi connectivity index (χ0n) is 12.0. The molecule has 19 heavy (non-hydrogen) atoms. The molecule has 0 nitrogen and oxygen atoms in total. The molecular formula is C17H26Cl2. The van der Waals surface area contributed by atoms with Crippen LogP contribution in [0.15, 0.2) is 24.3 Å². The van der Waals surface area contributed by atoms with Crippen LogP contribution in [0.1, 0.15) is 57.4 Å². The van der Waals surface area contributed by atoms with Crippen molar-refractivity contribution in [2.24, 2.45) is 5.92 Å². The van der Waals surface area contributed by atoms with E-state index in [2.05, 4.69) is 19.1 Å². The minimum Gasteiger partial charge on any atom is -0.126 e. The Bertz CT molecular complexity index is 319. The Balaban J connectivity index is 2.20. The number of benzene rings is 1. The smallest absolute Gasteiger partial charge is 0.0406 e. The second-order valence-electron chi connectivity index (χ2n) is 5.41. The van der Waals surface area contributed by atoms with E-state index in [9.17, 15) is 0 Å². The Morgan fingerprint density at radius 1 is 0.947 bits per heavy atom. The summed E-state index contributed by atoms with van der Waals surface area (Å²) in [6.07, 6.45) is 10.5. The molecule has 0 amide bonds. The molecule has 0 aliphatic rings. The van der Waals surface area contributed by atoms with Gasteiger partial charge in [0.25, 0.3) is 0 Å². The quantitative estimate of drug-likeness (QED) is 0.342. The molecule has 2 heteroatoms. The van der Waals surface area contributed by atoms with Crippen molar-refractivity contribution in [3.8, 4) is 0 Å². The summed E-state index contributed by atoms with van der Waals surface area (Å²) in [4.78, 5) is 0. The van der Waals surface area contributed by atoms with Gasteiger partial charge in [0.1, 0.15) is 0 Å². The van der Waals surface area contributed by atoms with Crippen LogP contribution in [0, 0.1) is 5.92 Å². The van der Waals surface area contributed by atoms with Gasteiger partial charge in [-0.05, 0) is 36.5 Å². The van der Waals surface area contributed by atoms with E-state index in [1.165, 1.54) is 50.5 Å². The lowest BCUT2D eigenvalue weighted by molar-refractivity contribution is 0.485.